The number of rotatable bonds is 6. The molecule has 2 bridgehead atoms. The van der Waals surface area contributed by atoms with Gasteiger partial charge >= 0.3 is 0 Å². The number of hydrogen-bond donors (Lipinski definition) is 1. The van der Waals surface area contributed by atoms with Gasteiger partial charge in [0.05, 0.1) is 25.7 Å². The number of aliphatic hydroxyl groups excluding tert-OH is 1. The molecule has 3 saturated heterocycles. The Hall–Kier alpha value is -2.43. The third-order valence-corrected chi connectivity index (χ3v) is 7.99. The average molecular weight is 418 g/mol. The fourth-order valence-electron chi connectivity index (χ4n) is 6.35. The van der Waals surface area contributed by atoms with Crippen LogP contribution in [0.2, 0.25) is 0 Å². The highest BCUT2D eigenvalue weighted by Crippen LogP contribution is 2.48. The molecule has 1 aromatic heterocycles. The normalized spacial score (nSPS) is 28.5. The first-order chi connectivity index (χ1) is 15.1. The number of ether oxygens (including phenoxy) is 1. The molecule has 5 atom stereocenters. The van der Waals surface area contributed by atoms with Gasteiger partial charge in [-0.15, -0.1) is 0 Å². The van der Waals surface area contributed by atoms with Crippen molar-refractivity contribution in [2.75, 3.05) is 20.2 Å². The zero-order valence-electron chi connectivity index (χ0n) is 18.6. The molecule has 0 amide bonds. The Balaban J connectivity index is 1.55. The maximum atomic E-state index is 11.8. The van der Waals surface area contributed by atoms with Crippen LogP contribution in [0.3, 0.4) is 0 Å². The predicted octanol–water partition coefficient (Wildman–Crippen LogP) is 5.11. The Kier molecular flexibility index (Phi) is 5.45. The topological polar surface area (TPSA) is 42.4 Å². The van der Waals surface area contributed by atoms with Gasteiger partial charge in [-0.3, -0.25) is 4.98 Å². The van der Waals surface area contributed by atoms with Gasteiger partial charge in [-0.05, 0) is 42.2 Å². The third-order valence-electron chi connectivity index (χ3n) is 7.99. The van der Waals surface area contributed by atoms with E-state index in [1.54, 1.807) is 7.11 Å². The van der Waals surface area contributed by atoms with E-state index in [1.165, 1.54) is 24.9 Å². The second-order valence-electron chi connectivity index (χ2n) is 9.52. The van der Waals surface area contributed by atoms with E-state index in [-0.39, 0.29) is 6.04 Å². The molecular weight excluding hydrogens is 384 g/mol. The van der Waals surface area contributed by atoms with Gasteiger partial charge in [-0.1, -0.05) is 37.3 Å². The first-order valence-electron chi connectivity index (χ1n) is 11.6. The Morgan fingerprint density at radius 1 is 1.16 bits per heavy atom. The van der Waals surface area contributed by atoms with E-state index >= 15 is 0 Å². The number of hydrogen-bond acceptors (Lipinski definition) is 3. The highest BCUT2D eigenvalue weighted by molar-refractivity contribution is 5.83. The first-order valence-corrected chi connectivity index (χ1v) is 11.6. The second kappa shape index (κ2) is 8.25. The van der Waals surface area contributed by atoms with Gasteiger partial charge in [0.1, 0.15) is 24.4 Å². The summed E-state index contributed by atoms with van der Waals surface area (Å²) < 4.78 is 6.46. The predicted molar refractivity (Wildman–Crippen MR) is 124 cm³/mol. The Morgan fingerprint density at radius 2 is 2.00 bits per heavy atom. The molecule has 3 aliphatic rings. The number of nitrogens with zero attached hydrogens (tertiary/aromatic N) is 2. The average Bonchev–Trinajstić information content (AvgIpc) is 2.83. The summed E-state index contributed by atoms with van der Waals surface area (Å²) in [6, 6.07) is 19.0. The number of pyridine rings is 1. The molecule has 3 fully saturated rings. The molecule has 31 heavy (non-hydrogen) atoms. The monoisotopic (exact) mass is 417 g/mol. The van der Waals surface area contributed by atoms with Crippen molar-refractivity contribution in [3.05, 3.63) is 71.9 Å². The summed E-state index contributed by atoms with van der Waals surface area (Å²) >= 11 is 0. The fourth-order valence-corrected chi connectivity index (χ4v) is 6.35. The largest absolute Gasteiger partial charge is 0.497 e. The number of aliphatic hydroxyl groups is 1. The number of piperidine rings is 3. The molecule has 4 nitrogen and oxygen atoms in total. The number of fused-ring (bicyclic) bond motifs is 4. The van der Waals surface area contributed by atoms with Crippen LogP contribution in [-0.4, -0.2) is 40.8 Å². The SMILES string of the molecule is CCC1C[N+]2(Cc3ccccc3)CCC1C[C@@H]2[C@H](O)c1ccnc2ccc(OC)cc12. The van der Waals surface area contributed by atoms with Crippen LogP contribution in [0.4, 0.5) is 0 Å². The Morgan fingerprint density at radius 3 is 2.77 bits per heavy atom. The van der Waals surface area contributed by atoms with E-state index < -0.39 is 6.10 Å². The number of benzene rings is 2. The summed E-state index contributed by atoms with van der Waals surface area (Å²) in [4.78, 5) is 4.53. The van der Waals surface area contributed by atoms with Gasteiger partial charge < -0.3 is 14.3 Å². The maximum Gasteiger partial charge on any atom is 0.131 e. The molecule has 0 saturated carbocycles. The molecule has 6 rings (SSSR count). The van der Waals surface area contributed by atoms with Crippen molar-refractivity contribution in [3.8, 4) is 5.75 Å². The summed E-state index contributed by atoms with van der Waals surface area (Å²) in [7, 11) is 1.68. The highest BCUT2D eigenvalue weighted by atomic mass is 16.5. The minimum atomic E-state index is -0.512. The summed E-state index contributed by atoms with van der Waals surface area (Å²) in [5, 5.41) is 12.8. The van der Waals surface area contributed by atoms with Gasteiger partial charge in [-0.25, -0.2) is 0 Å². The van der Waals surface area contributed by atoms with Crippen molar-refractivity contribution in [1.82, 2.24) is 4.98 Å². The zero-order chi connectivity index (χ0) is 21.4. The molecule has 0 aliphatic carbocycles. The van der Waals surface area contributed by atoms with E-state index in [2.05, 4.69) is 42.2 Å². The van der Waals surface area contributed by atoms with Crippen LogP contribution in [0.5, 0.6) is 5.75 Å². The van der Waals surface area contributed by atoms with Crippen LogP contribution in [0.25, 0.3) is 10.9 Å². The van der Waals surface area contributed by atoms with E-state index in [1.807, 2.05) is 30.5 Å². The van der Waals surface area contributed by atoms with E-state index in [9.17, 15) is 5.11 Å². The lowest BCUT2D eigenvalue weighted by Gasteiger charge is -2.58. The summed E-state index contributed by atoms with van der Waals surface area (Å²) in [6.07, 6.45) is 4.93. The fraction of sp³-hybridized carbons (Fsp3) is 0.444. The molecule has 4 heterocycles. The summed E-state index contributed by atoms with van der Waals surface area (Å²) in [5.74, 6) is 2.29. The van der Waals surface area contributed by atoms with Crippen LogP contribution >= 0.6 is 0 Å². The molecule has 162 valence electrons. The van der Waals surface area contributed by atoms with Crippen molar-refractivity contribution < 1.29 is 14.3 Å². The van der Waals surface area contributed by atoms with Crippen molar-refractivity contribution in [3.63, 3.8) is 0 Å². The van der Waals surface area contributed by atoms with Gasteiger partial charge in [0.25, 0.3) is 0 Å². The molecule has 2 aromatic carbocycles. The van der Waals surface area contributed by atoms with Crippen molar-refractivity contribution >= 4 is 10.9 Å². The molecule has 3 aromatic rings. The molecule has 0 spiro atoms. The Labute approximate surface area is 185 Å². The van der Waals surface area contributed by atoms with Crippen LogP contribution in [0, 0.1) is 11.8 Å². The van der Waals surface area contributed by atoms with Crippen LogP contribution in [0.1, 0.15) is 43.4 Å². The lowest BCUT2D eigenvalue weighted by molar-refractivity contribution is -0.985. The molecule has 1 N–H and O–H groups in total. The lowest BCUT2D eigenvalue weighted by Crippen LogP contribution is -2.67. The highest BCUT2D eigenvalue weighted by Gasteiger charge is 2.54. The number of methoxy groups -OCH3 is 1. The van der Waals surface area contributed by atoms with Crippen molar-refractivity contribution in [2.45, 2.75) is 44.9 Å². The molecule has 0 radical (unpaired) electrons. The van der Waals surface area contributed by atoms with Gasteiger partial charge in [-0.2, -0.15) is 0 Å². The molecular formula is C27H33N2O2+. The van der Waals surface area contributed by atoms with Crippen molar-refractivity contribution in [2.24, 2.45) is 11.8 Å². The molecule has 4 heteroatoms. The first kappa shape index (κ1) is 20.5. The summed E-state index contributed by atoms with van der Waals surface area (Å²) in [5.41, 5.74) is 3.27. The zero-order valence-corrected chi connectivity index (χ0v) is 18.6. The summed E-state index contributed by atoms with van der Waals surface area (Å²) in [6.45, 7) is 5.66. The second-order valence-corrected chi connectivity index (χ2v) is 9.52. The van der Waals surface area contributed by atoms with Gasteiger partial charge in [0.2, 0.25) is 0 Å². The quantitative estimate of drug-likeness (QED) is 0.567. The standard InChI is InChI=1S/C27H33N2O2/c1-3-20-18-29(17-19-7-5-4-6-8-19)14-12-21(20)15-26(29)27(30)23-11-13-28-25-10-9-22(31-2)16-24(23)25/h4-11,13,16,20-21,26-27,30H,3,12,14-15,17-18H2,1-2H3/q+1/t20?,21?,26-,27-,29?/m1/s1. The van der Waals surface area contributed by atoms with E-state index in [0.29, 0.717) is 0 Å². The minimum absolute atomic E-state index is 0.207. The van der Waals surface area contributed by atoms with Gasteiger partial charge in [0, 0.05) is 35.9 Å². The smallest absolute Gasteiger partial charge is 0.131 e. The van der Waals surface area contributed by atoms with E-state index in [0.717, 1.165) is 58.0 Å². The van der Waals surface area contributed by atoms with Crippen LogP contribution in [0.15, 0.2) is 60.8 Å². The maximum absolute atomic E-state index is 11.8. The van der Waals surface area contributed by atoms with Crippen molar-refractivity contribution in [1.29, 1.82) is 0 Å². The number of aromatic nitrogens is 1. The van der Waals surface area contributed by atoms with Crippen LogP contribution < -0.4 is 4.74 Å². The Bertz CT molecular complexity index is 1050. The molecule has 3 aliphatic heterocycles. The van der Waals surface area contributed by atoms with Gasteiger partial charge in [0.15, 0.2) is 0 Å². The number of quaternary nitrogens is 1. The molecule has 3 unspecified atom stereocenters. The minimum Gasteiger partial charge on any atom is -0.497 e. The van der Waals surface area contributed by atoms with Crippen LogP contribution in [-0.2, 0) is 6.54 Å². The lowest BCUT2D eigenvalue weighted by atomic mass is 9.70. The van der Waals surface area contributed by atoms with E-state index in [4.69, 9.17) is 4.74 Å². The third kappa shape index (κ3) is 3.62.